The van der Waals surface area contributed by atoms with Gasteiger partial charge in [0.25, 0.3) is 0 Å². The monoisotopic (exact) mass is 1170 g/mol. The number of halogens is 13. The molecule has 0 aliphatic heterocycles. The number of rotatable bonds is 28. The minimum absolute atomic E-state index is 0. The molecule has 0 bridgehead atoms. The van der Waals surface area contributed by atoms with E-state index >= 15 is 0 Å². The summed E-state index contributed by atoms with van der Waals surface area (Å²) in [6, 6.07) is 0. The van der Waals surface area contributed by atoms with Crippen LogP contribution in [0.1, 0.15) is 131 Å². The second-order valence-corrected chi connectivity index (χ2v) is 30.5. The quantitative estimate of drug-likeness (QED) is 0.0559. The number of hydrogen-bond acceptors (Lipinski definition) is 10. The Kier molecular flexibility index (Phi) is 43.4. The Labute approximate surface area is 410 Å². The van der Waals surface area contributed by atoms with E-state index in [0.717, 1.165) is 21.3 Å². The summed E-state index contributed by atoms with van der Waals surface area (Å²) in [6.45, 7) is 15.8. The van der Waals surface area contributed by atoms with E-state index in [4.69, 9.17) is 11.5 Å². The summed E-state index contributed by atoms with van der Waals surface area (Å²) in [6.07, 6.45) is 31.6. The van der Waals surface area contributed by atoms with Crippen molar-refractivity contribution in [2.75, 3.05) is 62.4 Å². The summed E-state index contributed by atoms with van der Waals surface area (Å²) in [5, 5.41) is 0. The van der Waals surface area contributed by atoms with Gasteiger partial charge in [0.2, 0.25) is 0 Å². The molecule has 0 aliphatic carbocycles. The minimum Gasteiger partial charge on any atom is -1.00 e. The van der Waals surface area contributed by atoms with E-state index in [2.05, 4.69) is 41.5 Å². The molecular weight excluding hydrogens is 1100 g/mol. The van der Waals surface area contributed by atoms with Crippen LogP contribution in [-0.2, 0) is 40.1 Å². The van der Waals surface area contributed by atoms with Crippen molar-refractivity contribution < 1.29 is 122 Å². The van der Waals surface area contributed by atoms with E-state index < -0.39 is 76.7 Å². The van der Waals surface area contributed by atoms with Crippen molar-refractivity contribution in [3.8, 4) is 0 Å². The number of nitrogens with two attached hydrogens (primary N) is 2. The summed E-state index contributed by atoms with van der Waals surface area (Å²) in [5.74, 6) is 0. The molecule has 0 aromatic heterocycles. The SMILES string of the molecule is CCCC[P+](CCCC)(CCCC)CCCN.CCCC[P+](CCCC)(CCCC)CCCN.O=S(=O)([N-]S(=O)(=O)C(F)(F)F)C(F)(F)F.O=S(=O)([N-]S(=O)(=O)C(F)(F)F)C(F)(F)F.[Br-].[Li+]. The molecule has 400 valence electrons. The Hall–Kier alpha value is 0.737. The Balaban J connectivity index is -0.000000180. The molecule has 0 aromatic rings. The van der Waals surface area contributed by atoms with Crippen LogP contribution in [-0.4, -0.2) is 118 Å². The van der Waals surface area contributed by atoms with Gasteiger partial charge in [0.1, 0.15) is 0 Å². The number of alkyl halides is 12. The molecule has 66 heavy (non-hydrogen) atoms. The van der Waals surface area contributed by atoms with Crippen LogP contribution in [0.25, 0.3) is 8.25 Å². The summed E-state index contributed by atoms with van der Waals surface area (Å²) >= 11 is 0. The summed E-state index contributed by atoms with van der Waals surface area (Å²) in [5.41, 5.74) is -13.3. The molecule has 0 fully saturated rings. The molecule has 0 rings (SSSR count). The van der Waals surface area contributed by atoms with Crippen molar-refractivity contribution >= 4 is 54.6 Å². The molecule has 12 nitrogen and oxygen atoms in total. The van der Waals surface area contributed by atoms with Gasteiger partial charge in [-0.2, -0.15) is 52.7 Å². The van der Waals surface area contributed by atoms with Crippen LogP contribution in [0.5, 0.6) is 0 Å². The predicted molar refractivity (Wildman–Crippen MR) is 236 cm³/mol. The molecule has 0 atom stereocenters. The average Bonchev–Trinajstić information content (AvgIpc) is 3.15. The first-order chi connectivity index (χ1) is 28.9. The smallest absolute Gasteiger partial charge is 1.00 e. The first kappa shape index (κ1) is 78.2. The fraction of sp³-hybridized carbons (Fsp3) is 1.00. The van der Waals surface area contributed by atoms with Crippen molar-refractivity contribution in [3.63, 3.8) is 0 Å². The molecular formula is C34H70BrF12LiN4O8P2S4. The van der Waals surface area contributed by atoms with Gasteiger partial charge < -0.3 is 36.7 Å². The second kappa shape index (κ2) is 36.6. The van der Waals surface area contributed by atoms with Crippen LogP contribution >= 0.6 is 14.5 Å². The first-order valence-electron chi connectivity index (χ1n) is 20.7. The second-order valence-electron chi connectivity index (χ2n) is 14.7. The minimum atomic E-state index is -6.72. The van der Waals surface area contributed by atoms with Crippen LogP contribution in [0.2, 0.25) is 0 Å². The number of nitrogens with zero attached hydrogens (tertiary/aromatic N) is 2. The number of unbranched alkanes of at least 4 members (excludes halogenated alkanes) is 6. The fourth-order valence-corrected chi connectivity index (χ4v) is 19.3. The van der Waals surface area contributed by atoms with Crippen LogP contribution < -0.4 is 47.3 Å². The van der Waals surface area contributed by atoms with Crippen molar-refractivity contribution in [2.45, 2.75) is 153 Å². The Morgan fingerprint density at radius 1 is 0.348 bits per heavy atom. The molecule has 0 spiro atoms. The van der Waals surface area contributed by atoms with E-state index in [1.165, 1.54) is 102 Å². The topological polar surface area (TPSA) is 217 Å². The summed E-state index contributed by atoms with van der Waals surface area (Å²) in [4.78, 5) is 0. The molecule has 0 unspecified atom stereocenters. The van der Waals surface area contributed by atoms with Gasteiger partial charge in [0.05, 0.1) is 49.3 Å². The van der Waals surface area contributed by atoms with Gasteiger partial charge >= 0.3 is 40.9 Å². The molecule has 32 heteroatoms. The summed E-state index contributed by atoms with van der Waals surface area (Å²) < 4.78 is 218. The first-order valence-corrected chi connectivity index (χ1v) is 31.6. The molecule has 0 saturated carbocycles. The van der Waals surface area contributed by atoms with Gasteiger partial charge in [-0.15, -0.1) is 0 Å². The predicted octanol–water partition coefficient (Wildman–Crippen LogP) is 5.63. The zero-order valence-corrected chi connectivity index (χ0v) is 45.4. The Morgan fingerprint density at radius 3 is 0.591 bits per heavy atom. The third-order valence-corrected chi connectivity index (χ3v) is 24.8. The molecule has 0 radical (unpaired) electrons. The molecule has 0 aromatic carbocycles. The van der Waals surface area contributed by atoms with Gasteiger partial charge in [-0.3, -0.25) is 0 Å². The molecule has 0 aliphatic rings. The van der Waals surface area contributed by atoms with Crippen LogP contribution in [0.3, 0.4) is 0 Å². The third kappa shape index (κ3) is 33.4. The largest absolute Gasteiger partial charge is 1.00 e. The molecule has 4 N–H and O–H groups in total. The van der Waals surface area contributed by atoms with Gasteiger partial charge in [0, 0.05) is 14.5 Å². The molecule has 0 saturated heterocycles. The standard InChI is InChI=1S/2C15H35NP.2C2F6NO4S2.BrH.Li/c2*1-4-7-12-17(13-8-5-2,14-9-6-3)15-10-11-16;2*3-1(4,5)14(10,11)9-15(12,13)2(6,7)8;;/h2*4-16H2,1-3H3;;;1H;/q2*+1;2*-1;;+1/p-1. The maximum Gasteiger partial charge on any atom is 1.00 e. The summed E-state index contributed by atoms with van der Waals surface area (Å²) in [7, 11) is -28.2. The van der Waals surface area contributed by atoms with E-state index in [1.54, 1.807) is 37.0 Å². The van der Waals surface area contributed by atoms with E-state index in [0.29, 0.717) is 0 Å². The van der Waals surface area contributed by atoms with Crippen molar-refractivity contribution in [1.82, 2.24) is 0 Å². The maximum atomic E-state index is 11.4. The van der Waals surface area contributed by atoms with E-state index in [9.17, 15) is 86.4 Å². The van der Waals surface area contributed by atoms with E-state index in [-0.39, 0.29) is 35.8 Å². The maximum absolute atomic E-state index is 11.4. The van der Waals surface area contributed by atoms with Crippen molar-refractivity contribution in [2.24, 2.45) is 11.5 Å². The zero-order valence-electron chi connectivity index (χ0n) is 38.7. The zero-order chi connectivity index (χ0) is 51.4. The Bertz CT molecular complexity index is 1400. The van der Waals surface area contributed by atoms with Crippen LogP contribution in [0.15, 0.2) is 0 Å². The van der Waals surface area contributed by atoms with E-state index in [1.807, 2.05) is 0 Å². The van der Waals surface area contributed by atoms with Crippen LogP contribution in [0, 0.1) is 0 Å². The molecule has 0 amide bonds. The Morgan fingerprint density at radius 2 is 0.485 bits per heavy atom. The van der Waals surface area contributed by atoms with Gasteiger partial charge in [-0.1, -0.05) is 80.1 Å². The number of hydrogen-bond donors (Lipinski definition) is 2. The number of sulfonamides is 4. The van der Waals surface area contributed by atoms with Crippen molar-refractivity contribution in [1.29, 1.82) is 0 Å². The van der Waals surface area contributed by atoms with Gasteiger partial charge in [-0.25, -0.2) is 33.7 Å². The third-order valence-electron chi connectivity index (χ3n) is 9.15. The van der Waals surface area contributed by atoms with Crippen LogP contribution in [0.4, 0.5) is 52.7 Å². The molecule has 0 heterocycles. The van der Waals surface area contributed by atoms with Gasteiger partial charge in [-0.05, 0) is 64.5 Å². The average molecular weight is 1170 g/mol. The normalized spacial score (nSPS) is 13.2. The fourth-order valence-electron chi connectivity index (χ4n) is 5.58. The van der Waals surface area contributed by atoms with Crippen molar-refractivity contribution in [3.05, 3.63) is 8.25 Å². The van der Waals surface area contributed by atoms with Gasteiger partial charge in [0.15, 0.2) is 40.1 Å².